The summed E-state index contributed by atoms with van der Waals surface area (Å²) >= 11 is 0. The maximum atomic E-state index is 5.64. The van der Waals surface area contributed by atoms with Crippen LogP contribution in [0.1, 0.15) is 27.2 Å². The first-order chi connectivity index (χ1) is 5.95. The predicted octanol–water partition coefficient (Wildman–Crippen LogP) is 1.08. The van der Waals surface area contributed by atoms with Gasteiger partial charge in [-0.15, -0.1) is 0 Å². The van der Waals surface area contributed by atoms with Gasteiger partial charge in [0.25, 0.3) is 0 Å². The zero-order valence-electron chi connectivity index (χ0n) is 9.63. The lowest BCUT2D eigenvalue weighted by molar-refractivity contribution is -0.000891. The van der Waals surface area contributed by atoms with E-state index in [-0.39, 0.29) is 5.60 Å². The summed E-state index contributed by atoms with van der Waals surface area (Å²) in [4.78, 5) is 2.30. The Kier molecular flexibility index (Phi) is 5.53. The molecule has 0 spiro atoms. The van der Waals surface area contributed by atoms with Crippen LogP contribution in [0.15, 0.2) is 0 Å². The van der Waals surface area contributed by atoms with Gasteiger partial charge in [-0.3, -0.25) is 0 Å². The van der Waals surface area contributed by atoms with Gasteiger partial charge in [-0.1, -0.05) is 0 Å². The van der Waals surface area contributed by atoms with Crippen molar-refractivity contribution in [2.45, 2.75) is 38.8 Å². The molecule has 0 rings (SSSR count). The van der Waals surface area contributed by atoms with Crippen molar-refractivity contribution in [2.75, 3.05) is 27.2 Å². The highest BCUT2D eigenvalue weighted by Crippen LogP contribution is 2.13. The van der Waals surface area contributed by atoms with Crippen molar-refractivity contribution >= 4 is 0 Å². The number of methoxy groups -OCH3 is 1. The largest absolute Gasteiger partial charge is 0.377 e. The third-order valence-corrected chi connectivity index (χ3v) is 2.80. The molecule has 1 unspecified atom stereocenters. The molecule has 1 atom stereocenters. The number of nitrogens with two attached hydrogens (primary N) is 1. The molecule has 0 aliphatic rings. The van der Waals surface area contributed by atoms with Crippen molar-refractivity contribution in [3.05, 3.63) is 0 Å². The van der Waals surface area contributed by atoms with Crippen molar-refractivity contribution in [2.24, 2.45) is 5.73 Å². The van der Waals surface area contributed by atoms with Gasteiger partial charge in [0.2, 0.25) is 0 Å². The molecule has 0 aromatic rings. The van der Waals surface area contributed by atoms with Crippen molar-refractivity contribution in [3.8, 4) is 0 Å². The van der Waals surface area contributed by atoms with Gasteiger partial charge in [0.15, 0.2) is 0 Å². The molecule has 13 heavy (non-hydrogen) atoms. The first-order valence-corrected chi connectivity index (χ1v) is 4.90. The molecule has 0 aliphatic carbocycles. The smallest absolute Gasteiger partial charge is 0.0784 e. The van der Waals surface area contributed by atoms with E-state index in [1.54, 1.807) is 7.11 Å². The molecule has 0 saturated heterocycles. The second-order valence-corrected chi connectivity index (χ2v) is 4.18. The van der Waals surface area contributed by atoms with Crippen LogP contribution in [0.25, 0.3) is 0 Å². The zero-order valence-corrected chi connectivity index (χ0v) is 9.63. The van der Waals surface area contributed by atoms with E-state index in [2.05, 4.69) is 32.7 Å². The Morgan fingerprint density at radius 2 is 2.00 bits per heavy atom. The number of nitrogens with zero attached hydrogens (tertiary/aromatic N) is 1. The molecule has 0 aromatic heterocycles. The molecule has 2 N–H and O–H groups in total. The van der Waals surface area contributed by atoms with Gasteiger partial charge in [-0.25, -0.2) is 0 Å². The molecular formula is C10H24N2O. The SMILES string of the molecule is COC(C)(CN)CCN(C)C(C)C. The molecule has 0 saturated carbocycles. The van der Waals surface area contributed by atoms with Crippen molar-refractivity contribution in [1.29, 1.82) is 0 Å². The third kappa shape index (κ3) is 4.60. The summed E-state index contributed by atoms with van der Waals surface area (Å²) in [5.41, 5.74) is 5.47. The minimum Gasteiger partial charge on any atom is -0.377 e. The van der Waals surface area contributed by atoms with E-state index in [1.165, 1.54) is 0 Å². The van der Waals surface area contributed by atoms with E-state index in [9.17, 15) is 0 Å². The first-order valence-electron chi connectivity index (χ1n) is 4.90. The van der Waals surface area contributed by atoms with Crippen molar-refractivity contribution in [3.63, 3.8) is 0 Å². The van der Waals surface area contributed by atoms with Gasteiger partial charge in [0.05, 0.1) is 5.60 Å². The van der Waals surface area contributed by atoms with Crippen LogP contribution in [0.2, 0.25) is 0 Å². The Balaban J connectivity index is 3.85. The van der Waals surface area contributed by atoms with E-state index in [1.807, 2.05) is 0 Å². The number of ether oxygens (including phenoxy) is 1. The Labute approximate surface area is 82.2 Å². The normalized spacial score (nSPS) is 16.6. The molecule has 3 heteroatoms. The lowest BCUT2D eigenvalue weighted by Crippen LogP contribution is -2.40. The van der Waals surface area contributed by atoms with Gasteiger partial charge in [0.1, 0.15) is 0 Å². The van der Waals surface area contributed by atoms with E-state index >= 15 is 0 Å². The highest BCUT2D eigenvalue weighted by atomic mass is 16.5. The minimum atomic E-state index is -0.164. The molecular weight excluding hydrogens is 164 g/mol. The summed E-state index contributed by atoms with van der Waals surface area (Å²) < 4.78 is 5.37. The predicted molar refractivity (Wildman–Crippen MR) is 56.9 cm³/mol. The van der Waals surface area contributed by atoms with E-state index in [0.717, 1.165) is 13.0 Å². The van der Waals surface area contributed by atoms with Gasteiger partial charge in [-0.05, 0) is 34.2 Å². The quantitative estimate of drug-likeness (QED) is 0.678. The standard InChI is InChI=1S/C10H24N2O/c1-9(2)12(4)7-6-10(3,8-11)13-5/h9H,6-8,11H2,1-5H3. The minimum absolute atomic E-state index is 0.164. The van der Waals surface area contributed by atoms with E-state index in [0.29, 0.717) is 12.6 Å². The molecule has 0 radical (unpaired) electrons. The van der Waals surface area contributed by atoms with E-state index < -0.39 is 0 Å². The van der Waals surface area contributed by atoms with Crippen LogP contribution < -0.4 is 5.73 Å². The molecule has 3 nitrogen and oxygen atoms in total. The summed E-state index contributed by atoms with van der Waals surface area (Å²) in [5, 5.41) is 0. The molecule has 0 heterocycles. The maximum absolute atomic E-state index is 5.64. The molecule has 0 bridgehead atoms. The Morgan fingerprint density at radius 1 is 1.46 bits per heavy atom. The Bertz CT molecular complexity index is 133. The average Bonchev–Trinajstić information content (AvgIpc) is 2.13. The van der Waals surface area contributed by atoms with Crippen molar-refractivity contribution in [1.82, 2.24) is 4.90 Å². The molecule has 0 amide bonds. The van der Waals surface area contributed by atoms with Crippen LogP contribution in [0.5, 0.6) is 0 Å². The zero-order chi connectivity index (χ0) is 10.5. The van der Waals surface area contributed by atoms with E-state index in [4.69, 9.17) is 10.5 Å². The number of rotatable bonds is 6. The van der Waals surface area contributed by atoms with Crippen LogP contribution in [0, 0.1) is 0 Å². The first kappa shape index (κ1) is 12.9. The summed E-state index contributed by atoms with van der Waals surface area (Å²) in [6.45, 7) is 8.04. The Hall–Kier alpha value is -0.120. The average molecular weight is 188 g/mol. The summed E-state index contributed by atoms with van der Waals surface area (Å²) in [6, 6.07) is 0.582. The third-order valence-electron chi connectivity index (χ3n) is 2.80. The molecule has 80 valence electrons. The highest BCUT2D eigenvalue weighted by molar-refractivity contribution is 4.77. The van der Waals surface area contributed by atoms with Gasteiger partial charge >= 0.3 is 0 Å². The van der Waals surface area contributed by atoms with Crippen LogP contribution in [-0.2, 0) is 4.74 Å². The molecule has 0 aromatic carbocycles. The van der Waals surface area contributed by atoms with Crippen LogP contribution in [0.3, 0.4) is 0 Å². The fourth-order valence-corrected chi connectivity index (χ4v) is 0.959. The second-order valence-electron chi connectivity index (χ2n) is 4.18. The summed E-state index contributed by atoms with van der Waals surface area (Å²) in [6.07, 6.45) is 0.981. The lowest BCUT2D eigenvalue weighted by Gasteiger charge is -2.30. The highest BCUT2D eigenvalue weighted by Gasteiger charge is 2.21. The van der Waals surface area contributed by atoms with Gasteiger partial charge in [-0.2, -0.15) is 0 Å². The van der Waals surface area contributed by atoms with Gasteiger partial charge in [0, 0.05) is 26.2 Å². The van der Waals surface area contributed by atoms with Crippen LogP contribution >= 0.6 is 0 Å². The molecule has 0 fully saturated rings. The van der Waals surface area contributed by atoms with Crippen molar-refractivity contribution < 1.29 is 4.74 Å². The summed E-state index contributed by atoms with van der Waals surface area (Å²) in [7, 11) is 3.85. The van der Waals surface area contributed by atoms with Crippen LogP contribution in [-0.4, -0.2) is 43.8 Å². The van der Waals surface area contributed by atoms with Gasteiger partial charge < -0.3 is 15.4 Å². The maximum Gasteiger partial charge on any atom is 0.0784 e. The topological polar surface area (TPSA) is 38.5 Å². The Morgan fingerprint density at radius 3 is 2.31 bits per heavy atom. The fraction of sp³-hybridized carbons (Fsp3) is 1.00. The molecule has 0 aliphatic heterocycles. The second kappa shape index (κ2) is 5.58. The fourth-order valence-electron chi connectivity index (χ4n) is 0.959. The summed E-state index contributed by atoms with van der Waals surface area (Å²) in [5.74, 6) is 0. The number of hydrogen-bond donors (Lipinski definition) is 1. The monoisotopic (exact) mass is 188 g/mol. The lowest BCUT2D eigenvalue weighted by atomic mass is 10.0. The number of hydrogen-bond acceptors (Lipinski definition) is 3. The van der Waals surface area contributed by atoms with Crippen LogP contribution in [0.4, 0.5) is 0 Å².